The maximum Gasteiger partial charge on any atom is 0.0992 e. The summed E-state index contributed by atoms with van der Waals surface area (Å²) in [6, 6.07) is 19.7. The topological polar surface area (TPSA) is 61.8 Å². The summed E-state index contributed by atoms with van der Waals surface area (Å²) in [6.07, 6.45) is 0. The number of nitrogen functional groups attached to an aromatic ring is 1. The number of rotatable bonds is 2. The normalized spacial score (nSPS) is 10.3. The molecular formula is C18H15N3. The van der Waals surface area contributed by atoms with Gasteiger partial charge in [0.15, 0.2) is 0 Å². The molecule has 0 aliphatic rings. The fourth-order valence-electron chi connectivity index (χ4n) is 2.40. The van der Waals surface area contributed by atoms with E-state index < -0.39 is 0 Å². The molecule has 0 heterocycles. The lowest BCUT2D eigenvalue weighted by Gasteiger charge is -2.12. The minimum absolute atomic E-state index is 0.620. The number of hydrogen-bond acceptors (Lipinski definition) is 3. The minimum atomic E-state index is 0.620. The molecule has 3 aromatic carbocycles. The summed E-state index contributed by atoms with van der Waals surface area (Å²) >= 11 is 0. The molecule has 3 nitrogen and oxygen atoms in total. The molecule has 0 aliphatic heterocycles. The number of nitrogens with one attached hydrogen (secondary N) is 1. The first-order chi connectivity index (χ1) is 10.2. The van der Waals surface area contributed by atoms with Crippen molar-refractivity contribution in [1.82, 2.24) is 0 Å². The number of anilines is 3. The van der Waals surface area contributed by atoms with Gasteiger partial charge in [-0.05, 0) is 36.6 Å². The van der Waals surface area contributed by atoms with Gasteiger partial charge >= 0.3 is 0 Å². The minimum Gasteiger partial charge on any atom is -0.397 e. The van der Waals surface area contributed by atoms with Crippen LogP contribution in [-0.2, 0) is 0 Å². The van der Waals surface area contributed by atoms with Crippen LogP contribution in [0.25, 0.3) is 10.8 Å². The third-order valence-electron chi connectivity index (χ3n) is 3.49. The summed E-state index contributed by atoms with van der Waals surface area (Å²) in [5.41, 5.74) is 10.5. The van der Waals surface area contributed by atoms with Crippen LogP contribution in [0.5, 0.6) is 0 Å². The van der Waals surface area contributed by atoms with E-state index in [4.69, 9.17) is 11.0 Å². The Balaban J connectivity index is 2.03. The molecule has 0 amide bonds. The first kappa shape index (κ1) is 13.0. The SMILES string of the molecule is Cc1ccc2c(N)c(Nc3cccc(C#N)c3)ccc2c1. The molecule has 0 saturated heterocycles. The lowest BCUT2D eigenvalue weighted by Crippen LogP contribution is -1.97. The zero-order chi connectivity index (χ0) is 14.8. The van der Waals surface area contributed by atoms with Crippen molar-refractivity contribution < 1.29 is 0 Å². The Labute approximate surface area is 123 Å². The van der Waals surface area contributed by atoms with Gasteiger partial charge in [-0.3, -0.25) is 0 Å². The van der Waals surface area contributed by atoms with Gasteiger partial charge < -0.3 is 11.1 Å². The molecule has 0 bridgehead atoms. The van der Waals surface area contributed by atoms with E-state index in [1.54, 1.807) is 12.1 Å². The van der Waals surface area contributed by atoms with Crippen LogP contribution in [-0.4, -0.2) is 0 Å². The monoisotopic (exact) mass is 273 g/mol. The second-order valence-electron chi connectivity index (χ2n) is 5.07. The highest BCUT2D eigenvalue weighted by molar-refractivity contribution is 6.00. The molecule has 3 aromatic rings. The Morgan fingerprint density at radius 2 is 1.90 bits per heavy atom. The van der Waals surface area contributed by atoms with E-state index in [0.717, 1.165) is 27.8 Å². The molecule has 0 atom stereocenters. The summed E-state index contributed by atoms with van der Waals surface area (Å²) in [6.45, 7) is 2.06. The molecule has 3 rings (SSSR count). The van der Waals surface area contributed by atoms with Crippen LogP contribution in [0.2, 0.25) is 0 Å². The van der Waals surface area contributed by atoms with Gasteiger partial charge in [0.05, 0.1) is 23.0 Å². The van der Waals surface area contributed by atoms with E-state index in [1.807, 2.05) is 24.3 Å². The molecule has 0 fully saturated rings. The standard InChI is InChI=1S/C18H15N3/c1-12-5-7-16-14(9-12)6-8-17(18(16)20)21-15-4-2-3-13(10-15)11-19/h2-10,21H,20H2,1H3. The van der Waals surface area contributed by atoms with Crippen molar-refractivity contribution in [1.29, 1.82) is 5.26 Å². The molecule has 0 unspecified atom stereocenters. The number of hydrogen-bond donors (Lipinski definition) is 2. The van der Waals surface area contributed by atoms with E-state index in [9.17, 15) is 0 Å². The zero-order valence-corrected chi connectivity index (χ0v) is 11.7. The van der Waals surface area contributed by atoms with Gasteiger partial charge in [0.2, 0.25) is 0 Å². The Morgan fingerprint density at radius 3 is 2.71 bits per heavy atom. The maximum atomic E-state index is 8.95. The second-order valence-corrected chi connectivity index (χ2v) is 5.07. The molecule has 3 N–H and O–H groups in total. The van der Waals surface area contributed by atoms with Gasteiger partial charge in [0, 0.05) is 11.1 Å². The van der Waals surface area contributed by atoms with Gasteiger partial charge in [0.1, 0.15) is 0 Å². The molecular weight excluding hydrogens is 258 g/mol. The molecule has 21 heavy (non-hydrogen) atoms. The van der Waals surface area contributed by atoms with Crippen molar-refractivity contribution in [3.63, 3.8) is 0 Å². The van der Waals surface area contributed by atoms with Gasteiger partial charge in [-0.2, -0.15) is 5.26 Å². The second kappa shape index (κ2) is 5.18. The Bertz CT molecular complexity index is 860. The fourth-order valence-corrected chi connectivity index (χ4v) is 2.40. The number of benzene rings is 3. The Kier molecular flexibility index (Phi) is 3.21. The average Bonchev–Trinajstić information content (AvgIpc) is 2.50. The first-order valence-electron chi connectivity index (χ1n) is 6.73. The molecule has 3 heteroatoms. The number of nitrogens with two attached hydrogens (primary N) is 1. The van der Waals surface area contributed by atoms with Gasteiger partial charge in [-0.1, -0.05) is 35.9 Å². The third-order valence-corrected chi connectivity index (χ3v) is 3.49. The van der Waals surface area contributed by atoms with Crippen LogP contribution >= 0.6 is 0 Å². The number of nitriles is 1. The number of fused-ring (bicyclic) bond motifs is 1. The molecule has 0 saturated carbocycles. The highest BCUT2D eigenvalue weighted by Crippen LogP contribution is 2.31. The predicted molar refractivity (Wildman–Crippen MR) is 87.5 cm³/mol. The van der Waals surface area contributed by atoms with E-state index in [1.165, 1.54) is 5.56 Å². The summed E-state index contributed by atoms with van der Waals surface area (Å²) in [7, 11) is 0. The molecule has 0 aliphatic carbocycles. The van der Waals surface area contributed by atoms with Crippen LogP contribution in [0.4, 0.5) is 17.1 Å². The van der Waals surface area contributed by atoms with E-state index in [0.29, 0.717) is 5.56 Å². The highest BCUT2D eigenvalue weighted by atomic mass is 14.9. The Hall–Kier alpha value is -2.99. The van der Waals surface area contributed by atoms with Crippen molar-refractivity contribution in [3.8, 4) is 6.07 Å². The molecule has 0 aromatic heterocycles. The molecule has 0 spiro atoms. The summed E-state index contributed by atoms with van der Waals surface area (Å²) in [5.74, 6) is 0. The summed E-state index contributed by atoms with van der Waals surface area (Å²) in [5, 5.41) is 14.4. The predicted octanol–water partition coefficient (Wildman–Crippen LogP) is 4.35. The average molecular weight is 273 g/mol. The third kappa shape index (κ3) is 2.52. The first-order valence-corrected chi connectivity index (χ1v) is 6.73. The molecule has 102 valence electrons. The van der Waals surface area contributed by atoms with Crippen molar-refractivity contribution in [2.75, 3.05) is 11.1 Å². The maximum absolute atomic E-state index is 8.95. The Morgan fingerprint density at radius 1 is 1.05 bits per heavy atom. The fraction of sp³-hybridized carbons (Fsp3) is 0.0556. The zero-order valence-electron chi connectivity index (χ0n) is 11.7. The van der Waals surface area contributed by atoms with Crippen molar-refractivity contribution in [3.05, 3.63) is 65.7 Å². The van der Waals surface area contributed by atoms with E-state index in [-0.39, 0.29) is 0 Å². The van der Waals surface area contributed by atoms with Crippen LogP contribution in [0, 0.1) is 18.3 Å². The molecule has 0 radical (unpaired) electrons. The van der Waals surface area contributed by atoms with Crippen LogP contribution in [0.15, 0.2) is 54.6 Å². The smallest absolute Gasteiger partial charge is 0.0992 e. The van der Waals surface area contributed by atoms with E-state index >= 15 is 0 Å². The van der Waals surface area contributed by atoms with Crippen LogP contribution < -0.4 is 11.1 Å². The van der Waals surface area contributed by atoms with Crippen LogP contribution in [0.3, 0.4) is 0 Å². The van der Waals surface area contributed by atoms with Gasteiger partial charge in [-0.25, -0.2) is 0 Å². The van der Waals surface area contributed by atoms with Crippen molar-refractivity contribution in [2.45, 2.75) is 6.92 Å². The quantitative estimate of drug-likeness (QED) is 0.682. The van der Waals surface area contributed by atoms with Crippen LogP contribution in [0.1, 0.15) is 11.1 Å². The van der Waals surface area contributed by atoms with Gasteiger partial charge in [-0.15, -0.1) is 0 Å². The van der Waals surface area contributed by atoms with Crippen molar-refractivity contribution >= 4 is 27.8 Å². The lowest BCUT2D eigenvalue weighted by molar-refractivity contribution is 1.47. The van der Waals surface area contributed by atoms with Gasteiger partial charge in [0.25, 0.3) is 0 Å². The highest BCUT2D eigenvalue weighted by Gasteiger charge is 2.05. The summed E-state index contributed by atoms with van der Waals surface area (Å²) < 4.78 is 0. The summed E-state index contributed by atoms with van der Waals surface area (Å²) in [4.78, 5) is 0. The lowest BCUT2D eigenvalue weighted by atomic mass is 10.0. The number of aryl methyl sites for hydroxylation is 1. The van der Waals surface area contributed by atoms with Crippen molar-refractivity contribution in [2.24, 2.45) is 0 Å². The number of nitrogens with zero attached hydrogens (tertiary/aromatic N) is 1. The van der Waals surface area contributed by atoms with E-state index in [2.05, 4.69) is 36.5 Å². The largest absolute Gasteiger partial charge is 0.397 e.